The van der Waals surface area contributed by atoms with Gasteiger partial charge in [0.1, 0.15) is 6.42 Å². The van der Waals surface area contributed by atoms with Gasteiger partial charge in [-0.15, -0.1) is 5.92 Å². The molecule has 2 nitrogen and oxygen atoms in total. The van der Waals surface area contributed by atoms with Gasteiger partial charge < -0.3 is 5.11 Å². The van der Waals surface area contributed by atoms with Crippen molar-refractivity contribution in [2.45, 2.75) is 64.7 Å². The topological polar surface area (TPSA) is 37.3 Å². The van der Waals surface area contributed by atoms with E-state index in [1.807, 2.05) is 0 Å². The molecule has 0 fully saturated rings. The lowest BCUT2D eigenvalue weighted by Gasteiger charge is -1.91. The SMILES string of the molecule is CCCCCCC#CCC#CCC#CCC#CCC(=O)O. The van der Waals surface area contributed by atoms with Crippen molar-refractivity contribution in [1.29, 1.82) is 0 Å². The molecule has 0 bridgehead atoms. The zero-order valence-corrected chi connectivity index (χ0v) is 12.7. The second-order valence-electron chi connectivity index (χ2n) is 4.33. The van der Waals surface area contributed by atoms with Crippen LogP contribution in [0.4, 0.5) is 0 Å². The van der Waals surface area contributed by atoms with Crippen LogP contribution in [0, 0.1) is 47.4 Å². The highest BCUT2D eigenvalue weighted by molar-refractivity contribution is 5.69. The number of hydrogen-bond acceptors (Lipinski definition) is 1. The summed E-state index contributed by atoms with van der Waals surface area (Å²) in [6.07, 6.45) is 7.35. The Hall–Kier alpha value is -2.29. The van der Waals surface area contributed by atoms with E-state index < -0.39 is 5.97 Å². The monoisotopic (exact) mass is 282 g/mol. The molecular formula is C19H22O2. The van der Waals surface area contributed by atoms with E-state index in [1.165, 1.54) is 25.7 Å². The highest BCUT2D eigenvalue weighted by Crippen LogP contribution is 2.00. The Labute approximate surface area is 128 Å². The lowest BCUT2D eigenvalue weighted by molar-refractivity contribution is -0.135. The summed E-state index contributed by atoms with van der Waals surface area (Å²) in [4.78, 5) is 10.2. The summed E-state index contributed by atoms with van der Waals surface area (Å²) in [6, 6.07) is 0. The zero-order chi connectivity index (χ0) is 15.6. The smallest absolute Gasteiger partial charge is 0.315 e. The standard InChI is InChI=1S/C19H22O2/c1-2-3-4-5-6-7-8-9-10-11-12-13-14-15-16-17-18-19(20)21/h2-6,9,12,15,18H2,1H3,(H,20,21). The molecule has 0 aliphatic rings. The van der Waals surface area contributed by atoms with Crippen molar-refractivity contribution >= 4 is 5.97 Å². The van der Waals surface area contributed by atoms with Crippen LogP contribution in [-0.4, -0.2) is 11.1 Å². The first kappa shape index (κ1) is 18.7. The van der Waals surface area contributed by atoms with E-state index in [1.54, 1.807) is 0 Å². The predicted molar refractivity (Wildman–Crippen MR) is 86.0 cm³/mol. The van der Waals surface area contributed by atoms with E-state index >= 15 is 0 Å². The molecule has 0 aromatic heterocycles. The van der Waals surface area contributed by atoms with Gasteiger partial charge in [-0.2, -0.15) is 0 Å². The Morgan fingerprint density at radius 3 is 1.81 bits per heavy atom. The summed E-state index contributed by atoms with van der Waals surface area (Å²) < 4.78 is 0. The zero-order valence-electron chi connectivity index (χ0n) is 12.7. The largest absolute Gasteiger partial charge is 0.481 e. The maximum absolute atomic E-state index is 10.2. The van der Waals surface area contributed by atoms with Gasteiger partial charge in [-0.3, -0.25) is 4.79 Å². The van der Waals surface area contributed by atoms with Gasteiger partial charge in [0.25, 0.3) is 0 Å². The average molecular weight is 282 g/mol. The highest BCUT2D eigenvalue weighted by Gasteiger charge is 1.86. The summed E-state index contributed by atoms with van der Waals surface area (Å²) >= 11 is 0. The lowest BCUT2D eigenvalue weighted by atomic mass is 10.1. The van der Waals surface area contributed by atoms with Crippen LogP contribution < -0.4 is 0 Å². The molecule has 0 amide bonds. The first-order chi connectivity index (χ1) is 10.3. The molecule has 0 unspecified atom stereocenters. The number of rotatable bonds is 5. The third-order valence-electron chi connectivity index (χ3n) is 2.43. The predicted octanol–water partition coefficient (Wildman–Crippen LogP) is 3.62. The van der Waals surface area contributed by atoms with Gasteiger partial charge in [0.15, 0.2) is 0 Å². The van der Waals surface area contributed by atoms with Crippen molar-refractivity contribution in [1.82, 2.24) is 0 Å². The van der Waals surface area contributed by atoms with Crippen LogP contribution in [0.1, 0.15) is 64.7 Å². The van der Waals surface area contributed by atoms with Gasteiger partial charge in [0, 0.05) is 6.42 Å². The van der Waals surface area contributed by atoms with Crippen molar-refractivity contribution in [2.24, 2.45) is 0 Å². The molecule has 0 atom stereocenters. The van der Waals surface area contributed by atoms with Gasteiger partial charge in [0.2, 0.25) is 0 Å². The Balaban J connectivity index is 3.60. The van der Waals surface area contributed by atoms with Crippen LogP contribution in [0.15, 0.2) is 0 Å². The van der Waals surface area contributed by atoms with Crippen LogP contribution in [0.5, 0.6) is 0 Å². The maximum atomic E-state index is 10.2. The third kappa shape index (κ3) is 17.7. The molecule has 0 aliphatic heterocycles. The summed E-state index contributed by atoms with van der Waals surface area (Å²) in [7, 11) is 0. The van der Waals surface area contributed by atoms with E-state index in [4.69, 9.17) is 5.11 Å². The Morgan fingerprint density at radius 2 is 1.29 bits per heavy atom. The van der Waals surface area contributed by atoms with Crippen molar-refractivity contribution in [3.05, 3.63) is 0 Å². The molecule has 0 heterocycles. The van der Waals surface area contributed by atoms with Crippen LogP contribution in [0.3, 0.4) is 0 Å². The molecule has 1 N–H and O–H groups in total. The van der Waals surface area contributed by atoms with Gasteiger partial charge in [0.05, 0.1) is 19.3 Å². The highest BCUT2D eigenvalue weighted by atomic mass is 16.4. The van der Waals surface area contributed by atoms with Crippen molar-refractivity contribution in [3.8, 4) is 47.4 Å². The fourth-order valence-electron chi connectivity index (χ4n) is 1.37. The third-order valence-corrected chi connectivity index (χ3v) is 2.43. The normalized spacial score (nSPS) is 7.86. The van der Waals surface area contributed by atoms with Gasteiger partial charge >= 0.3 is 5.97 Å². The summed E-state index contributed by atoms with van der Waals surface area (Å²) in [5.41, 5.74) is 0. The molecule has 0 spiro atoms. The van der Waals surface area contributed by atoms with Crippen LogP contribution >= 0.6 is 0 Å². The number of carboxylic acids is 1. The molecule has 110 valence electrons. The summed E-state index contributed by atoms with van der Waals surface area (Å²) in [5, 5.41) is 8.36. The van der Waals surface area contributed by atoms with Crippen molar-refractivity contribution in [2.75, 3.05) is 0 Å². The minimum absolute atomic E-state index is 0.126. The number of carboxylic acid groups (broad SMARTS) is 1. The van der Waals surface area contributed by atoms with Crippen LogP contribution in [0.25, 0.3) is 0 Å². The molecule has 2 heteroatoms. The van der Waals surface area contributed by atoms with Crippen LogP contribution in [0.2, 0.25) is 0 Å². The molecule has 0 radical (unpaired) electrons. The fraction of sp³-hybridized carbons (Fsp3) is 0.526. The fourth-order valence-corrected chi connectivity index (χ4v) is 1.37. The second kappa shape index (κ2) is 15.8. The van der Waals surface area contributed by atoms with Crippen molar-refractivity contribution < 1.29 is 9.90 Å². The minimum Gasteiger partial charge on any atom is -0.481 e. The minimum atomic E-state index is -0.909. The molecule has 21 heavy (non-hydrogen) atoms. The number of unbranched alkanes of at least 4 members (excludes halogenated alkanes) is 4. The Bertz CT molecular complexity index is 527. The molecule has 0 aromatic rings. The van der Waals surface area contributed by atoms with E-state index in [2.05, 4.69) is 54.3 Å². The molecule has 0 saturated heterocycles. The summed E-state index contributed by atoms with van der Waals surface area (Å²) in [6.45, 7) is 2.20. The molecular weight excluding hydrogens is 260 g/mol. The average Bonchev–Trinajstić information content (AvgIpc) is 2.46. The van der Waals surface area contributed by atoms with Crippen LogP contribution in [-0.2, 0) is 4.79 Å². The second-order valence-corrected chi connectivity index (χ2v) is 4.33. The van der Waals surface area contributed by atoms with Gasteiger partial charge in [-0.05, 0) is 6.42 Å². The first-order valence-corrected chi connectivity index (χ1v) is 7.32. The van der Waals surface area contributed by atoms with E-state index in [0.717, 1.165) is 6.42 Å². The Kier molecular flexibility index (Phi) is 14.0. The molecule has 0 aliphatic carbocycles. The first-order valence-electron chi connectivity index (χ1n) is 7.32. The quantitative estimate of drug-likeness (QED) is 0.618. The molecule has 0 aromatic carbocycles. The molecule has 0 rings (SSSR count). The summed E-state index contributed by atoms with van der Waals surface area (Å²) in [5.74, 6) is 22.1. The maximum Gasteiger partial charge on any atom is 0.315 e. The number of hydrogen-bond donors (Lipinski definition) is 1. The molecule has 0 saturated carbocycles. The number of carbonyl (C=O) groups is 1. The van der Waals surface area contributed by atoms with E-state index in [-0.39, 0.29) is 6.42 Å². The van der Waals surface area contributed by atoms with Crippen molar-refractivity contribution in [3.63, 3.8) is 0 Å². The lowest BCUT2D eigenvalue weighted by Crippen LogP contribution is -1.89. The van der Waals surface area contributed by atoms with E-state index in [9.17, 15) is 4.79 Å². The Morgan fingerprint density at radius 1 is 0.762 bits per heavy atom. The van der Waals surface area contributed by atoms with Gasteiger partial charge in [-0.25, -0.2) is 0 Å². The van der Waals surface area contributed by atoms with Gasteiger partial charge in [-0.1, -0.05) is 67.6 Å². The van der Waals surface area contributed by atoms with E-state index in [0.29, 0.717) is 19.3 Å². The number of aliphatic carboxylic acids is 1.